The Balaban J connectivity index is 1.59. The van der Waals surface area contributed by atoms with E-state index in [2.05, 4.69) is 5.32 Å². The van der Waals surface area contributed by atoms with Gasteiger partial charge in [0.2, 0.25) is 6.79 Å². The van der Waals surface area contributed by atoms with Crippen molar-refractivity contribution in [1.29, 1.82) is 0 Å². The van der Waals surface area contributed by atoms with Crippen LogP contribution in [0.3, 0.4) is 0 Å². The van der Waals surface area contributed by atoms with E-state index in [1.54, 1.807) is 49.4 Å². The maximum atomic E-state index is 13.0. The van der Waals surface area contributed by atoms with Crippen molar-refractivity contribution < 1.29 is 28.6 Å². The van der Waals surface area contributed by atoms with Crippen LogP contribution in [0.5, 0.6) is 17.2 Å². The predicted molar refractivity (Wildman–Crippen MR) is 97.5 cm³/mol. The zero-order chi connectivity index (χ0) is 19.9. The highest BCUT2D eigenvalue weighted by Gasteiger charge is 2.50. The minimum Gasteiger partial charge on any atom is -0.496 e. The molecule has 0 bridgehead atoms. The van der Waals surface area contributed by atoms with Crippen molar-refractivity contribution in [3.8, 4) is 17.2 Å². The smallest absolute Gasteiger partial charge is 0.325 e. The van der Waals surface area contributed by atoms with E-state index in [0.717, 1.165) is 4.90 Å². The molecule has 28 heavy (non-hydrogen) atoms. The van der Waals surface area contributed by atoms with Gasteiger partial charge in [-0.1, -0.05) is 18.2 Å². The highest BCUT2D eigenvalue weighted by Crippen LogP contribution is 2.37. The largest absolute Gasteiger partial charge is 0.496 e. The Labute approximate surface area is 161 Å². The maximum Gasteiger partial charge on any atom is 0.325 e. The molecule has 1 atom stereocenters. The third-order valence-corrected chi connectivity index (χ3v) is 4.93. The Bertz CT molecular complexity index is 988. The SMILES string of the molecule is COc1ccccc1C(=O)CN1C(=O)NC(C)(c2ccc3c(c2)OCO3)C1=O. The van der Waals surface area contributed by atoms with Crippen LogP contribution in [-0.2, 0) is 10.3 Å². The van der Waals surface area contributed by atoms with E-state index in [9.17, 15) is 14.4 Å². The van der Waals surface area contributed by atoms with Gasteiger partial charge in [-0.3, -0.25) is 14.5 Å². The summed E-state index contributed by atoms with van der Waals surface area (Å²) in [6.07, 6.45) is 0. The number of benzene rings is 2. The fraction of sp³-hybridized carbons (Fsp3) is 0.250. The molecule has 0 radical (unpaired) electrons. The molecule has 0 aliphatic carbocycles. The Morgan fingerprint density at radius 2 is 1.93 bits per heavy atom. The minimum atomic E-state index is -1.31. The molecule has 2 heterocycles. The lowest BCUT2D eigenvalue weighted by molar-refractivity contribution is -0.130. The molecule has 8 nitrogen and oxygen atoms in total. The van der Waals surface area contributed by atoms with Crippen LogP contribution in [-0.4, -0.2) is 43.1 Å². The molecule has 3 amide bonds. The van der Waals surface area contributed by atoms with Crippen LogP contribution >= 0.6 is 0 Å². The molecule has 1 saturated heterocycles. The molecular formula is C20H18N2O6. The highest BCUT2D eigenvalue weighted by molar-refractivity contribution is 6.11. The summed E-state index contributed by atoms with van der Waals surface area (Å²) in [6.45, 7) is 1.32. The standard InChI is InChI=1S/C20H18N2O6/c1-20(12-7-8-16-17(9-12)28-11-27-16)18(24)22(19(25)21-20)10-14(23)13-5-3-4-6-15(13)26-2/h3-9H,10-11H2,1-2H3,(H,21,25). The summed E-state index contributed by atoms with van der Waals surface area (Å²) < 4.78 is 15.8. The van der Waals surface area contributed by atoms with Crippen molar-refractivity contribution >= 4 is 17.7 Å². The number of imide groups is 1. The monoisotopic (exact) mass is 382 g/mol. The molecule has 1 unspecified atom stereocenters. The fourth-order valence-corrected chi connectivity index (χ4v) is 3.35. The molecule has 2 aliphatic rings. The Morgan fingerprint density at radius 3 is 2.71 bits per heavy atom. The summed E-state index contributed by atoms with van der Waals surface area (Å²) in [5.41, 5.74) is -0.455. The summed E-state index contributed by atoms with van der Waals surface area (Å²) in [7, 11) is 1.45. The first-order valence-electron chi connectivity index (χ1n) is 8.64. The summed E-state index contributed by atoms with van der Waals surface area (Å²) in [4.78, 5) is 39.1. The average molecular weight is 382 g/mol. The molecule has 0 aromatic heterocycles. The van der Waals surface area contributed by atoms with Crippen molar-refractivity contribution in [3.63, 3.8) is 0 Å². The van der Waals surface area contributed by atoms with E-state index in [0.29, 0.717) is 28.4 Å². The van der Waals surface area contributed by atoms with E-state index < -0.39 is 23.3 Å². The van der Waals surface area contributed by atoms with Crippen molar-refractivity contribution in [2.45, 2.75) is 12.5 Å². The van der Waals surface area contributed by atoms with E-state index >= 15 is 0 Å². The Kier molecular flexibility index (Phi) is 4.18. The number of hydrogen-bond acceptors (Lipinski definition) is 6. The van der Waals surface area contributed by atoms with Gasteiger partial charge in [0.1, 0.15) is 11.3 Å². The van der Waals surface area contributed by atoms with Gasteiger partial charge in [0.15, 0.2) is 17.3 Å². The first-order valence-corrected chi connectivity index (χ1v) is 8.64. The summed E-state index contributed by atoms with van der Waals surface area (Å²) in [5.74, 6) is 0.560. The van der Waals surface area contributed by atoms with Crippen LogP contribution in [0.15, 0.2) is 42.5 Å². The quantitative estimate of drug-likeness (QED) is 0.629. The molecule has 8 heteroatoms. The highest BCUT2D eigenvalue weighted by atomic mass is 16.7. The number of ketones is 1. The molecule has 2 aromatic carbocycles. The lowest BCUT2D eigenvalue weighted by atomic mass is 9.91. The van der Waals surface area contributed by atoms with Gasteiger partial charge in [0.25, 0.3) is 5.91 Å². The van der Waals surface area contributed by atoms with Gasteiger partial charge in [0, 0.05) is 0 Å². The first-order chi connectivity index (χ1) is 13.4. The van der Waals surface area contributed by atoms with Crippen LogP contribution in [0.4, 0.5) is 4.79 Å². The number of carbonyl (C=O) groups is 3. The lowest BCUT2D eigenvalue weighted by Crippen LogP contribution is -2.41. The molecular weight excluding hydrogens is 364 g/mol. The van der Waals surface area contributed by atoms with Crippen LogP contribution in [0.2, 0.25) is 0 Å². The molecule has 1 N–H and O–H groups in total. The molecule has 0 spiro atoms. The number of rotatable bonds is 5. The van der Waals surface area contributed by atoms with E-state index in [-0.39, 0.29) is 13.3 Å². The van der Waals surface area contributed by atoms with Crippen LogP contribution in [0, 0.1) is 0 Å². The van der Waals surface area contributed by atoms with E-state index in [1.165, 1.54) is 7.11 Å². The normalized spacial score (nSPS) is 20.3. The van der Waals surface area contributed by atoms with Gasteiger partial charge in [-0.25, -0.2) is 4.79 Å². The molecule has 4 rings (SSSR count). The molecule has 2 aliphatic heterocycles. The van der Waals surface area contributed by atoms with Gasteiger partial charge in [-0.2, -0.15) is 0 Å². The zero-order valence-corrected chi connectivity index (χ0v) is 15.4. The number of nitrogens with zero attached hydrogens (tertiary/aromatic N) is 1. The van der Waals surface area contributed by atoms with Gasteiger partial charge in [-0.15, -0.1) is 0 Å². The van der Waals surface area contributed by atoms with Crippen molar-refractivity contribution in [2.24, 2.45) is 0 Å². The summed E-state index contributed by atoms with van der Waals surface area (Å²) >= 11 is 0. The Hall–Kier alpha value is -3.55. The second kappa shape index (κ2) is 6.56. The lowest BCUT2D eigenvalue weighted by Gasteiger charge is -2.22. The topological polar surface area (TPSA) is 94.2 Å². The number of Topliss-reactive ketones (excluding diaryl/α,β-unsaturated/α-hetero) is 1. The summed E-state index contributed by atoms with van der Waals surface area (Å²) in [5, 5.41) is 2.68. The van der Waals surface area contributed by atoms with Crippen LogP contribution in [0.1, 0.15) is 22.8 Å². The molecule has 0 saturated carbocycles. The number of fused-ring (bicyclic) bond motifs is 1. The molecule has 1 fully saturated rings. The maximum absolute atomic E-state index is 13.0. The first kappa shape index (κ1) is 17.8. The zero-order valence-electron chi connectivity index (χ0n) is 15.4. The van der Waals surface area contributed by atoms with Gasteiger partial charge in [0.05, 0.1) is 19.2 Å². The number of carbonyl (C=O) groups excluding carboxylic acids is 3. The number of nitrogens with one attached hydrogen (secondary N) is 1. The average Bonchev–Trinajstić information content (AvgIpc) is 3.26. The number of urea groups is 1. The van der Waals surface area contributed by atoms with Gasteiger partial charge >= 0.3 is 6.03 Å². The van der Waals surface area contributed by atoms with E-state index in [4.69, 9.17) is 14.2 Å². The minimum absolute atomic E-state index is 0.106. The summed E-state index contributed by atoms with van der Waals surface area (Å²) in [6, 6.07) is 11.1. The van der Waals surface area contributed by atoms with E-state index in [1.807, 2.05) is 0 Å². The molecule has 2 aromatic rings. The number of ether oxygens (including phenoxy) is 3. The molecule has 144 valence electrons. The third-order valence-electron chi connectivity index (χ3n) is 4.93. The van der Waals surface area contributed by atoms with Crippen molar-refractivity contribution in [1.82, 2.24) is 10.2 Å². The van der Waals surface area contributed by atoms with Crippen LogP contribution < -0.4 is 19.5 Å². The van der Waals surface area contributed by atoms with Gasteiger partial charge in [-0.05, 0) is 36.8 Å². The van der Waals surface area contributed by atoms with Crippen molar-refractivity contribution in [2.75, 3.05) is 20.4 Å². The number of para-hydroxylation sites is 1. The second-order valence-corrected chi connectivity index (χ2v) is 6.64. The Morgan fingerprint density at radius 1 is 1.18 bits per heavy atom. The van der Waals surface area contributed by atoms with Gasteiger partial charge < -0.3 is 19.5 Å². The second-order valence-electron chi connectivity index (χ2n) is 6.64. The number of hydrogen-bond donors (Lipinski definition) is 1. The number of amides is 3. The van der Waals surface area contributed by atoms with Crippen LogP contribution in [0.25, 0.3) is 0 Å². The number of methoxy groups -OCH3 is 1. The fourth-order valence-electron chi connectivity index (χ4n) is 3.35. The van der Waals surface area contributed by atoms with Crippen molar-refractivity contribution in [3.05, 3.63) is 53.6 Å². The predicted octanol–water partition coefficient (Wildman–Crippen LogP) is 2.07. The third kappa shape index (κ3) is 2.74.